The van der Waals surface area contributed by atoms with Crippen LogP contribution in [0, 0.1) is 0 Å². The molecule has 0 saturated heterocycles. The number of amides is 1. The van der Waals surface area contributed by atoms with Crippen molar-refractivity contribution in [3.05, 3.63) is 58.6 Å². The summed E-state index contributed by atoms with van der Waals surface area (Å²) in [4.78, 5) is 11.5. The topological polar surface area (TPSA) is 64.3 Å². The molecule has 0 saturated carbocycles. The molecule has 5 heteroatoms. The Balaban J connectivity index is 2.13. The van der Waals surface area contributed by atoms with Crippen molar-refractivity contribution >= 4 is 17.7 Å². The summed E-state index contributed by atoms with van der Waals surface area (Å²) >= 11 is 6.58. The molecule has 0 fully saturated rings. The molecule has 1 atom stereocenters. The van der Waals surface area contributed by atoms with Gasteiger partial charge in [0.1, 0.15) is 0 Å². The molecule has 0 aromatic heterocycles. The fourth-order valence-electron chi connectivity index (χ4n) is 3.18. The second-order valence-electron chi connectivity index (χ2n) is 6.62. The van der Waals surface area contributed by atoms with Crippen LogP contribution in [0.5, 0.6) is 0 Å². The average molecular weight is 389 g/mol. The van der Waals surface area contributed by atoms with Crippen LogP contribution in [0.3, 0.4) is 0 Å². The fourth-order valence-corrected chi connectivity index (χ4v) is 3.54. The van der Waals surface area contributed by atoms with Crippen molar-refractivity contribution in [2.75, 3.05) is 19.7 Å². The molecule has 2 rings (SSSR count). The molecule has 0 bridgehead atoms. The maximum absolute atomic E-state index is 11.5. The van der Waals surface area contributed by atoms with Gasteiger partial charge in [0, 0.05) is 11.6 Å². The molecular formula is C22H29ClN2O2. The molecule has 4 nitrogen and oxygen atoms in total. The van der Waals surface area contributed by atoms with E-state index in [9.17, 15) is 4.79 Å². The van der Waals surface area contributed by atoms with E-state index < -0.39 is 0 Å². The highest BCUT2D eigenvalue weighted by Crippen LogP contribution is 2.33. The fraction of sp³-hybridized carbons (Fsp3) is 0.409. The van der Waals surface area contributed by atoms with Gasteiger partial charge >= 0.3 is 6.09 Å². The predicted octanol–water partition coefficient (Wildman–Crippen LogP) is 5.14. The monoisotopic (exact) mass is 388 g/mol. The Hall–Kier alpha value is -2.04. The number of hydrogen-bond donors (Lipinski definition) is 2. The van der Waals surface area contributed by atoms with Crippen LogP contribution in [0.25, 0.3) is 11.1 Å². The maximum atomic E-state index is 11.5. The molecule has 1 amide bonds. The number of carbonyl (C=O) groups is 1. The quantitative estimate of drug-likeness (QED) is 0.625. The van der Waals surface area contributed by atoms with Crippen molar-refractivity contribution < 1.29 is 9.53 Å². The van der Waals surface area contributed by atoms with Crippen molar-refractivity contribution in [3.8, 4) is 11.1 Å². The van der Waals surface area contributed by atoms with E-state index in [0.29, 0.717) is 25.6 Å². The van der Waals surface area contributed by atoms with E-state index in [4.69, 9.17) is 22.1 Å². The van der Waals surface area contributed by atoms with Crippen LogP contribution in [0.2, 0.25) is 5.02 Å². The Morgan fingerprint density at radius 1 is 1.26 bits per heavy atom. The van der Waals surface area contributed by atoms with Gasteiger partial charge in [-0.3, -0.25) is 0 Å². The van der Waals surface area contributed by atoms with E-state index in [1.54, 1.807) is 6.92 Å². The SMILES string of the molecule is CCOC(=O)NCCc1ccccc1-c1ccc([C@@H](C)CCCN)c(Cl)c1. The zero-order chi connectivity index (χ0) is 19.6. The van der Waals surface area contributed by atoms with Crippen LogP contribution < -0.4 is 11.1 Å². The summed E-state index contributed by atoms with van der Waals surface area (Å²) in [7, 11) is 0. The van der Waals surface area contributed by atoms with Gasteiger partial charge in [0.15, 0.2) is 0 Å². The molecule has 0 heterocycles. The standard InChI is InChI=1S/C22H29ClN2O2/c1-3-27-22(26)25-14-12-17-8-4-5-9-20(17)18-10-11-19(21(23)15-18)16(2)7-6-13-24/h4-5,8-11,15-16H,3,6-7,12-14,24H2,1-2H3,(H,25,26)/t16-/m0/s1. The lowest BCUT2D eigenvalue weighted by Crippen LogP contribution is -2.26. The molecule has 0 radical (unpaired) electrons. The molecule has 2 aromatic rings. The summed E-state index contributed by atoms with van der Waals surface area (Å²) in [5.41, 5.74) is 10.2. The van der Waals surface area contributed by atoms with Crippen molar-refractivity contribution in [1.82, 2.24) is 5.32 Å². The smallest absolute Gasteiger partial charge is 0.407 e. The third kappa shape index (κ3) is 6.26. The molecule has 2 aromatic carbocycles. The van der Waals surface area contributed by atoms with Crippen molar-refractivity contribution in [2.24, 2.45) is 5.73 Å². The molecule has 0 unspecified atom stereocenters. The van der Waals surface area contributed by atoms with Crippen molar-refractivity contribution in [1.29, 1.82) is 0 Å². The molecule has 0 aliphatic heterocycles. The highest BCUT2D eigenvalue weighted by atomic mass is 35.5. The van der Waals surface area contributed by atoms with Gasteiger partial charge in [0.25, 0.3) is 0 Å². The lowest BCUT2D eigenvalue weighted by atomic mass is 9.92. The first kappa shape index (κ1) is 21.3. The van der Waals surface area contributed by atoms with Crippen LogP contribution in [0.1, 0.15) is 43.7 Å². The van der Waals surface area contributed by atoms with Crippen LogP contribution >= 0.6 is 11.6 Å². The molecule has 0 aliphatic rings. The summed E-state index contributed by atoms with van der Waals surface area (Å²) in [6.07, 6.45) is 2.37. The van der Waals surface area contributed by atoms with Crippen molar-refractivity contribution in [3.63, 3.8) is 0 Å². The summed E-state index contributed by atoms with van der Waals surface area (Å²) in [6, 6.07) is 14.5. The van der Waals surface area contributed by atoms with Gasteiger partial charge < -0.3 is 15.8 Å². The maximum Gasteiger partial charge on any atom is 0.407 e. The minimum absolute atomic E-state index is 0.372. The molecule has 0 aliphatic carbocycles. The van der Waals surface area contributed by atoms with Crippen molar-refractivity contribution in [2.45, 2.75) is 39.0 Å². The zero-order valence-electron chi connectivity index (χ0n) is 16.1. The van der Waals surface area contributed by atoms with E-state index in [1.807, 2.05) is 18.2 Å². The number of carbonyl (C=O) groups excluding carboxylic acids is 1. The third-order valence-corrected chi connectivity index (χ3v) is 4.97. The number of rotatable bonds is 9. The Morgan fingerprint density at radius 2 is 2.04 bits per heavy atom. The highest BCUT2D eigenvalue weighted by Gasteiger charge is 2.12. The van der Waals surface area contributed by atoms with E-state index in [-0.39, 0.29) is 6.09 Å². The second-order valence-corrected chi connectivity index (χ2v) is 7.03. The van der Waals surface area contributed by atoms with Crippen LogP contribution in [0.4, 0.5) is 4.79 Å². The van der Waals surface area contributed by atoms with Crippen LogP contribution in [0.15, 0.2) is 42.5 Å². The Bertz CT molecular complexity index is 749. The average Bonchev–Trinajstić information content (AvgIpc) is 2.66. The second kappa shape index (κ2) is 11.0. The van der Waals surface area contributed by atoms with E-state index in [2.05, 4.69) is 36.5 Å². The Labute approximate surface area is 167 Å². The number of ether oxygens (including phenoxy) is 1. The molecular weight excluding hydrogens is 360 g/mol. The molecule has 27 heavy (non-hydrogen) atoms. The zero-order valence-corrected chi connectivity index (χ0v) is 16.9. The largest absolute Gasteiger partial charge is 0.450 e. The first-order chi connectivity index (χ1) is 13.1. The van der Waals surface area contributed by atoms with Crippen LogP contribution in [-0.2, 0) is 11.2 Å². The number of halogens is 1. The molecule has 3 N–H and O–H groups in total. The number of benzene rings is 2. The summed E-state index contributed by atoms with van der Waals surface area (Å²) in [6.45, 7) is 5.58. The number of nitrogens with one attached hydrogen (secondary N) is 1. The number of alkyl carbamates (subject to hydrolysis) is 1. The van der Waals surface area contributed by atoms with Gasteiger partial charge in [-0.15, -0.1) is 0 Å². The summed E-state index contributed by atoms with van der Waals surface area (Å²) < 4.78 is 4.90. The van der Waals surface area contributed by atoms with E-state index in [1.165, 1.54) is 0 Å². The van der Waals surface area contributed by atoms with Crippen LogP contribution in [-0.4, -0.2) is 25.8 Å². The van der Waals surface area contributed by atoms with Gasteiger partial charge in [-0.1, -0.05) is 54.9 Å². The predicted molar refractivity (Wildman–Crippen MR) is 112 cm³/mol. The number of hydrogen-bond acceptors (Lipinski definition) is 3. The van der Waals surface area contributed by atoms with Gasteiger partial charge in [-0.05, 0) is 67.0 Å². The normalized spacial score (nSPS) is 11.9. The summed E-state index contributed by atoms with van der Waals surface area (Å²) in [5.74, 6) is 0.388. The van der Waals surface area contributed by atoms with Gasteiger partial charge in [0.2, 0.25) is 0 Å². The van der Waals surface area contributed by atoms with Gasteiger partial charge in [-0.2, -0.15) is 0 Å². The summed E-state index contributed by atoms with van der Waals surface area (Å²) in [5, 5.41) is 3.56. The van der Waals surface area contributed by atoms with E-state index >= 15 is 0 Å². The minimum Gasteiger partial charge on any atom is -0.450 e. The molecule has 0 spiro atoms. The highest BCUT2D eigenvalue weighted by molar-refractivity contribution is 6.31. The first-order valence-electron chi connectivity index (χ1n) is 9.55. The molecule has 146 valence electrons. The van der Waals surface area contributed by atoms with Gasteiger partial charge in [-0.25, -0.2) is 4.79 Å². The third-order valence-electron chi connectivity index (χ3n) is 4.64. The first-order valence-corrected chi connectivity index (χ1v) is 9.93. The minimum atomic E-state index is -0.381. The van der Waals surface area contributed by atoms with E-state index in [0.717, 1.165) is 46.5 Å². The lowest BCUT2D eigenvalue weighted by molar-refractivity contribution is 0.152. The van der Waals surface area contributed by atoms with Gasteiger partial charge in [0.05, 0.1) is 6.61 Å². The Kier molecular flexibility index (Phi) is 8.62. The number of nitrogens with two attached hydrogens (primary N) is 1. The lowest BCUT2D eigenvalue weighted by Gasteiger charge is -2.16. The Morgan fingerprint density at radius 3 is 2.74 bits per heavy atom.